The number of likely N-dealkylation sites (tertiary alicyclic amines) is 1. The molecule has 1 aliphatic rings. The summed E-state index contributed by atoms with van der Waals surface area (Å²) in [5, 5.41) is 26.2. The van der Waals surface area contributed by atoms with Crippen LogP contribution in [0.2, 0.25) is 0 Å². The molecule has 2 heterocycles. The molecule has 1 fully saturated rings. The number of hydrogen-bond donors (Lipinski definition) is 4. The molecule has 4 atom stereocenters. The van der Waals surface area contributed by atoms with Crippen molar-refractivity contribution in [2.45, 2.75) is 64.3 Å². The summed E-state index contributed by atoms with van der Waals surface area (Å²) in [5.41, 5.74) is 0.584. The average Bonchev–Trinajstić information content (AvgIpc) is 3.11. The topological polar surface area (TPSA) is 132 Å². The Labute approximate surface area is 186 Å². The first kappa shape index (κ1) is 23.6. The quantitative estimate of drug-likeness (QED) is 0.540. The second-order valence-corrected chi connectivity index (χ2v) is 8.85. The fourth-order valence-corrected chi connectivity index (χ4v) is 4.02. The molecule has 0 unspecified atom stereocenters. The highest BCUT2D eigenvalue weighted by Crippen LogP contribution is 2.20. The van der Waals surface area contributed by atoms with Gasteiger partial charge in [0.2, 0.25) is 5.91 Å². The van der Waals surface area contributed by atoms with Crippen molar-refractivity contribution in [2.75, 3.05) is 6.54 Å². The van der Waals surface area contributed by atoms with E-state index in [4.69, 9.17) is 4.42 Å². The van der Waals surface area contributed by atoms with E-state index in [0.29, 0.717) is 24.8 Å². The van der Waals surface area contributed by atoms with Gasteiger partial charge in [-0.3, -0.25) is 9.59 Å². The summed E-state index contributed by atoms with van der Waals surface area (Å²) in [7, 11) is 0. The summed E-state index contributed by atoms with van der Waals surface area (Å²) in [4.78, 5) is 38.4. The lowest BCUT2D eigenvalue weighted by Crippen LogP contribution is -2.54. The Kier molecular flexibility index (Phi) is 7.40. The molecule has 0 saturated carbocycles. The molecule has 0 spiro atoms. The number of hydrogen-bond acceptors (Lipinski definition) is 5. The second kappa shape index (κ2) is 10.0. The number of nitrogens with zero attached hydrogens (tertiary/aromatic N) is 1. The van der Waals surface area contributed by atoms with E-state index in [9.17, 15) is 24.6 Å². The summed E-state index contributed by atoms with van der Waals surface area (Å²) >= 11 is 0. The van der Waals surface area contributed by atoms with Gasteiger partial charge in [0, 0.05) is 11.4 Å². The zero-order chi connectivity index (χ0) is 23.4. The predicted octanol–water partition coefficient (Wildman–Crippen LogP) is 2.59. The van der Waals surface area contributed by atoms with E-state index in [1.54, 1.807) is 19.1 Å². The lowest BCUT2D eigenvalue weighted by Gasteiger charge is -2.27. The van der Waals surface area contributed by atoms with Crippen molar-refractivity contribution in [2.24, 2.45) is 5.92 Å². The van der Waals surface area contributed by atoms with Crippen LogP contribution < -0.4 is 10.6 Å². The van der Waals surface area contributed by atoms with Crippen molar-refractivity contribution in [1.29, 1.82) is 0 Å². The largest absolute Gasteiger partial charge is 0.465 e. The molecule has 1 aromatic carbocycles. The number of rotatable bonds is 6. The molecule has 1 saturated heterocycles. The number of carbonyl (C=O) groups is 3. The fraction of sp³-hybridized carbons (Fsp3) is 0.522. The van der Waals surface area contributed by atoms with E-state index < -0.39 is 36.1 Å². The zero-order valence-corrected chi connectivity index (χ0v) is 18.6. The van der Waals surface area contributed by atoms with Crippen LogP contribution in [0.5, 0.6) is 0 Å². The number of furan rings is 1. The van der Waals surface area contributed by atoms with Crippen molar-refractivity contribution in [3.8, 4) is 0 Å². The van der Waals surface area contributed by atoms with Crippen molar-refractivity contribution in [1.82, 2.24) is 15.5 Å². The number of carboxylic acid groups (broad SMARTS) is 1. The Morgan fingerprint density at radius 2 is 1.94 bits per heavy atom. The average molecular weight is 446 g/mol. The van der Waals surface area contributed by atoms with Crippen molar-refractivity contribution < 1.29 is 29.0 Å². The van der Waals surface area contributed by atoms with Gasteiger partial charge in [-0.15, -0.1) is 0 Å². The molecule has 1 aliphatic heterocycles. The first-order valence-electron chi connectivity index (χ1n) is 10.9. The number of nitrogens with one attached hydrogen (secondary N) is 2. The van der Waals surface area contributed by atoms with Gasteiger partial charge in [0.25, 0.3) is 5.91 Å². The second-order valence-electron chi connectivity index (χ2n) is 8.85. The molecular weight excluding hydrogens is 414 g/mol. The van der Waals surface area contributed by atoms with Crippen molar-refractivity contribution in [3.63, 3.8) is 0 Å². The molecule has 0 bridgehead atoms. The lowest BCUT2D eigenvalue weighted by atomic mass is 10.0. The minimum Gasteiger partial charge on any atom is -0.465 e. The molecular formula is C23H31N3O6. The van der Waals surface area contributed by atoms with Crippen LogP contribution >= 0.6 is 0 Å². The molecule has 174 valence electrons. The van der Waals surface area contributed by atoms with E-state index in [1.807, 2.05) is 32.0 Å². The normalized spacial score (nSPS) is 22.4. The van der Waals surface area contributed by atoms with E-state index in [-0.39, 0.29) is 24.3 Å². The Morgan fingerprint density at radius 1 is 1.22 bits per heavy atom. The predicted molar refractivity (Wildman–Crippen MR) is 118 cm³/mol. The van der Waals surface area contributed by atoms with Gasteiger partial charge in [-0.05, 0) is 44.2 Å². The highest BCUT2D eigenvalue weighted by Gasteiger charge is 2.34. The molecule has 32 heavy (non-hydrogen) atoms. The Hall–Kier alpha value is -3.07. The lowest BCUT2D eigenvalue weighted by molar-refractivity contribution is -0.125. The third-order valence-electron chi connectivity index (χ3n) is 5.83. The Balaban J connectivity index is 1.70. The van der Waals surface area contributed by atoms with Gasteiger partial charge in [0.05, 0.1) is 18.7 Å². The summed E-state index contributed by atoms with van der Waals surface area (Å²) in [5.74, 6) is -0.658. The maximum absolute atomic E-state index is 13.0. The van der Waals surface area contributed by atoms with Gasteiger partial charge in [0.1, 0.15) is 11.6 Å². The van der Waals surface area contributed by atoms with Gasteiger partial charge >= 0.3 is 6.09 Å². The van der Waals surface area contributed by atoms with Gasteiger partial charge in [-0.25, -0.2) is 4.79 Å². The summed E-state index contributed by atoms with van der Waals surface area (Å²) in [6.45, 7) is 5.59. The van der Waals surface area contributed by atoms with Gasteiger partial charge in [0.15, 0.2) is 5.76 Å². The van der Waals surface area contributed by atoms with Gasteiger partial charge in [-0.2, -0.15) is 0 Å². The molecule has 3 amide bonds. The number of aliphatic hydroxyl groups is 1. The minimum atomic E-state index is -1.10. The molecule has 9 nitrogen and oxygen atoms in total. The maximum atomic E-state index is 13.0. The first-order chi connectivity index (χ1) is 15.2. The highest BCUT2D eigenvalue weighted by atomic mass is 16.4. The maximum Gasteiger partial charge on any atom is 0.407 e. The summed E-state index contributed by atoms with van der Waals surface area (Å²) < 4.78 is 5.60. The number of β-amino-alcohol motifs (C(OH)–C–C–N with tert-alkyl or cyclic N) is 1. The molecule has 2 aromatic rings. The highest BCUT2D eigenvalue weighted by molar-refractivity contribution is 5.98. The van der Waals surface area contributed by atoms with Crippen LogP contribution in [0.3, 0.4) is 0 Å². The monoisotopic (exact) mass is 445 g/mol. The number of amides is 3. The van der Waals surface area contributed by atoms with E-state index >= 15 is 0 Å². The molecule has 0 radical (unpaired) electrons. The molecule has 1 aromatic heterocycles. The third kappa shape index (κ3) is 5.59. The number of fused-ring (bicyclic) bond motifs is 1. The number of carbonyl (C=O) groups excluding carboxylic acids is 2. The standard InChI is InChI=1S/C23H31N3O6/c1-13(2)10-17(25-22(29)20-11-15-6-4-5-7-19(15)32-20)21(28)24-16-9-8-14(3)26(23(30)31)12-18(16)27/h4-7,11,13-14,16-18,27H,8-10,12H2,1-3H3,(H,24,28)(H,25,29)(H,30,31)/t14-,16+,17+,18+/m1/s1. The SMILES string of the molecule is CC(C)C[C@H](NC(=O)c1cc2ccccc2o1)C(=O)N[C@H]1CC[C@@H](C)N(C(=O)O)C[C@@H]1O. The number of para-hydroxylation sites is 1. The third-order valence-corrected chi connectivity index (χ3v) is 5.83. The molecule has 4 N–H and O–H groups in total. The first-order valence-corrected chi connectivity index (χ1v) is 10.9. The van der Waals surface area contributed by atoms with Crippen LogP contribution in [0, 0.1) is 5.92 Å². The van der Waals surface area contributed by atoms with Crippen LogP contribution in [0.25, 0.3) is 11.0 Å². The van der Waals surface area contributed by atoms with Crippen LogP contribution in [0.15, 0.2) is 34.7 Å². The van der Waals surface area contributed by atoms with Crippen LogP contribution in [0.4, 0.5) is 4.79 Å². The minimum absolute atomic E-state index is 0.0817. The molecule has 3 rings (SSSR count). The summed E-state index contributed by atoms with van der Waals surface area (Å²) in [6, 6.07) is 7.20. The summed E-state index contributed by atoms with van der Waals surface area (Å²) in [6.07, 6.45) is -0.790. The zero-order valence-electron chi connectivity index (χ0n) is 18.6. The molecule has 0 aliphatic carbocycles. The van der Waals surface area contributed by atoms with E-state index in [0.717, 1.165) is 5.39 Å². The van der Waals surface area contributed by atoms with Gasteiger partial charge < -0.3 is 30.2 Å². The molecule has 9 heteroatoms. The Morgan fingerprint density at radius 3 is 2.59 bits per heavy atom. The van der Waals surface area contributed by atoms with E-state index in [1.165, 1.54) is 4.90 Å². The van der Waals surface area contributed by atoms with E-state index in [2.05, 4.69) is 10.6 Å². The van der Waals surface area contributed by atoms with Crippen LogP contribution in [-0.2, 0) is 4.79 Å². The van der Waals surface area contributed by atoms with Crippen molar-refractivity contribution in [3.05, 3.63) is 36.1 Å². The van der Waals surface area contributed by atoms with Crippen molar-refractivity contribution >= 4 is 28.9 Å². The van der Waals surface area contributed by atoms with Crippen LogP contribution in [-0.4, -0.2) is 63.8 Å². The fourth-order valence-electron chi connectivity index (χ4n) is 4.02. The number of benzene rings is 1. The number of aliphatic hydroxyl groups excluding tert-OH is 1. The van der Waals surface area contributed by atoms with Crippen LogP contribution in [0.1, 0.15) is 50.6 Å². The smallest absolute Gasteiger partial charge is 0.407 e. The Bertz CT molecular complexity index is 939. The van der Waals surface area contributed by atoms with Gasteiger partial charge in [-0.1, -0.05) is 32.0 Å².